The zero-order valence-electron chi connectivity index (χ0n) is 10.0. The number of hydrogen-bond donors (Lipinski definition) is 1. The Hall–Kier alpha value is -0.770. The lowest BCUT2D eigenvalue weighted by Crippen LogP contribution is -1.98. The standard InChI is InChI=1S/C14H16OS2/c1-3-10-8-9-13(17-10)14(15)11-6-4-5-7-12(11)16-2/h4-9,14-15H,3H2,1-2H3. The molecule has 1 nitrogen and oxygen atoms in total. The molecule has 1 aromatic carbocycles. The Morgan fingerprint density at radius 2 is 2.00 bits per heavy atom. The summed E-state index contributed by atoms with van der Waals surface area (Å²) in [5.41, 5.74) is 1.00. The van der Waals surface area contributed by atoms with Gasteiger partial charge in [0.1, 0.15) is 6.10 Å². The summed E-state index contributed by atoms with van der Waals surface area (Å²) in [6, 6.07) is 12.2. The lowest BCUT2D eigenvalue weighted by Gasteiger charge is -2.12. The molecule has 1 aromatic heterocycles. The largest absolute Gasteiger partial charge is 0.383 e. The number of thiophene rings is 1. The molecule has 1 unspecified atom stereocenters. The van der Waals surface area contributed by atoms with Crippen LogP contribution in [-0.4, -0.2) is 11.4 Å². The highest BCUT2D eigenvalue weighted by Gasteiger charge is 2.15. The molecule has 1 atom stereocenters. The second kappa shape index (κ2) is 5.71. The highest BCUT2D eigenvalue weighted by atomic mass is 32.2. The van der Waals surface area contributed by atoms with Crippen molar-refractivity contribution in [2.75, 3.05) is 6.26 Å². The summed E-state index contributed by atoms with van der Waals surface area (Å²) in [5, 5.41) is 10.4. The first-order valence-electron chi connectivity index (χ1n) is 5.65. The first kappa shape index (κ1) is 12.7. The van der Waals surface area contributed by atoms with Gasteiger partial charge in [-0.15, -0.1) is 23.1 Å². The Labute approximate surface area is 111 Å². The minimum absolute atomic E-state index is 0.496. The van der Waals surface area contributed by atoms with Crippen LogP contribution in [0.1, 0.15) is 28.3 Å². The van der Waals surface area contributed by atoms with E-state index in [1.54, 1.807) is 23.1 Å². The van der Waals surface area contributed by atoms with Crippen LogP contribution in [0.15, 0.2) is 41.3 Å². The fourth-order valence-electron chi connectivity index (χ4n) is 1.78. The maximum atomic E-state index is 10.4. The summed E-state index contributed by atoms with van der Waals surface area (Å²) in [7, 11) is 0. The van der Waals surface area contributed by atoms with Crippen LogP contribution >= 0.6 is 23.1 Å². The number of aryl methyl sites for hydroxylation is 1. The lowest BCUT2D eigenvalue weighted by molar-refractivity contribution is 0.221. The second-order valence-electron chi connectivity index (χ2n) is 3.80. The quantitative estimate of drug-likeness (QED) is 0.838. The van der Waals surface area contributed by atoms with Crippen molar-refractivity contribution in [3.8, 4) is 0 Å². The van der Waals surface area contributed by atoms with Gasteiger partial charge in [-0.05, 0) is 36.4 Å². The summed E-state index contributed by atoms with van der Waals surface area (Å²) in [4.78, 5) is 3.50. The van der Waals surface area contributed by atoms with Crippen LogP contribution in [0.5, 0.6) is 0 Å². The molecule has 0 spiro atoms. The number of hydrogen-bond acceptors (Lipinski definition) is 3. The van der Waals surface area contributed by atoms with E-state index < -0.39 is 6.10 Å². The number of rotatable bonds is 4. The van der Waals surface area contributed by atoms with E-state index in [1.165, 1.54) is 4.88 Å². The Kier molecular flexibility index (Phi) is 4.26. The number of aliphatic hydroxyl groups is 1. The van der Waals surface area contributed by atoms with E-state index in [9.17, 15) is 5.11 Å². The third-order valence-electron chi connectivity index (χ3n) is 2.73. The summed E-state index contributed by atoms with van der Waals surface area (Å²) in [6.45, 7) is 2.14. The van der Waals surface area contributed by atoms with Crippen molar-refractivity contribution in [2.24, 2.45) is 0 Å². The molecule has 17 heavy (non-hydrogen) atoms. The van der Waals surface area contributed by atoms with E-state index in [0.29, 0.717) is 0 Å². The first-order valence-corrected chi connectivity index (χ1v) is 7.70. The molecule has 2 rings (SSSR count). The van der Waals surface area contributed by atoms with Crippen LogP contribution in [0, 0.1) is 0 Å². The minimum Gasteiger partial charge on any atom is -0.383 e. The lowest BCUT2D eigenvalue weighted by atomic mass is 10.1. The van der Waals surface area contributed by atoms with E-state index in [4.69, 9.17) is 0 Å². The van der Waals surface area contributed by atoms with Crippen LogP contribution in [0.25, 0.3) is 0 Å². The van der Waals surface area contributed by atoms with E-state index >= 15 is 0 Å². The van der Waals surface area contributed by atoms with Gasteiger partial charge in [0.25, 0.3) is 0 Å². The highest BCUT2D eigenvalue weighted by Crippen LogP contribution is 2.33. The van der Waals surface area contributed by atoms with Crippen LogP contribution in [-0.2, 0) is 6.42 Å². The van der Waals surface area contributed by atoms with Crippen molar-refractivity contribution in [1.29, 1.82) is 0 Å². The van der Waals surface area contributed by atoms with Gasteiger partial charge in [-0.25, -0.2) is 0 Å². The Morgan fingerprint density at radius 3 is 2.65 bits per heavy atom. The first-order chi connectivity index (χ1) is 8.26. The second-order valence-corrected chi connectivity index (χ2v) is 5.85. The topological polar surface area (TPSA) is 20.2 Å². The molecule has 0 saturated carbocycles. The van der Waals surface area contributed by atoms with E-state index in [-0.39, 0.29) is 0 Å². The molecule has 1 N–H and O–H groups in total. The van der Waals surface area contributed by atoms with E-state index in [1.807, 2.05) is 30.5 Å². The van der Waals surface area contributed by atoms with Gasteiger partial charge in [0, 0.05) is 14.6 Å². The maximum Gasteiger partial charge on any atom is 0.114 e. The molecule has 0 aliphatic heterocycles. The molecule has 1 heterocycles. The van der Waals surface area contributed by atoms with E-state index in [0.717, 1.165) is 21.8 Å². The zero-order valence-corrected chi connectivity index (χ0v) is 11.6. The Balaban J connectivity index is 2.32. The molecule has 0 bridgehead atoms. The molecule has 0 radical (unpaired) electrons. The van der Waals surface area contributed by atoms with Crippen molar-refractivity contribution >= 4 is 23.1 Å². The monoisotopic (exact) mass is 264 g/mol. The predicted octanol–water partition coefficient (Wildman–Crippen LogP) is 4.11. The molecule has 0 aliphatic rings. The minimum atomic E-state index is -0.496. The Bertz CT molecular complexity index is 490. The summed E-state index contributed by atoms with van der Waals surface area (Å²) in [5.74, 6) is 0. The average molecular weight is 264 g/mol. The fourth-order valence-corrected chi connectivity index (χ4v) is 3.36. The SMILES string of the molecule is CCc1ccc(C(O)c2ccccc2SC)s1. The van der Waals surface area contributed by atoms with Crippen LogP contribution in [0.3, 0.4) is 0 Å². The number of aliphatic hydroxyl groups excluding tert-OH is 1. The molecular formula is C14H16OS2. The van der Waals surface area contributed by atoms with Gasteiger partial charge in [-0.3, -0.25) is 0 Å². The van der Waals surface area contributed by atoms with Crippen molar-refractivity contribution in [2.45, 2.75) is 24.3 Å². The summed E-state index contributed by atoms with van der Waals surface area (Å²) in [6.07, 6.45) is 2.57. The molecule has 90 valence electrons. The maximum absolute atomic E-state index is 10.4. The van der Waals surface area contributed by atoms with Crippen molar-refractivity contribution in [1.82, 2.24) is 0 Å². The predicted molar refractivity (Wildman–Crippen MR) is 76.0 cm³/mol. The molecule has 0 saturated heterocycles. The van der Waals surface area contributed by atoms with Crippen LogP contribution in [0.2, 0.25) is 0 Å². The molecular weight excluding hydrogens is 248 g/mol. The molecule has 0 amide bonds. The molecule has 0 aliphatic carbocycles. The van der Waals surface area contributed by atoms with Crippen LogP contribution in [0.4, 0.5) is 0 Å². The van der Waals surface area contributed by atoms with Gasteiger partial charge in [0.15, 0.2) is 0 Å². The normalized spacial score (nSPS) is 12.6. The molecule has 3 heteroatoms. The number of benzene rings is 1. The zero-order chi connectivity index (χ0) is 12.3. The highest BCUT2D eigenvalue weighted by molar-refractivity contribution is 7.98. The van der Waals surface area contributed by atoms with Gasteiger partial charge >= 0.3 is 0 Å². The average Bonchev–Trinajstić information content (AvgIpc) is 2.86. The van der Waals surface area contributed by atoms with Gasteiger partial charge in [0.2, 0.25) is 0 Å². The fraction of sp³-hybridized carbons (Fsp3) is 0.286. The third kappa shape index (κ3) is 2.73. The van der Waals surface area contributed by atoms with Gasteiger partial charge < -0.3 is 5.11 Å². The van der Waals surface area contributed by atoms with Crippen LogP contribution < -0.4 is 0 Å². The van der Waals surface area contributed by atoms with Crippen molar-refractivity contribution in [3.63, 3.8) is 0 Å². The van der Waals surface area contributed by atoms with Gasteiger partial charge in [-0.1, -0.05) is 25.1 Å². The molecule has 2 aromatic rings. The third-order valence-corrected chi connectivity index (χ3v) is 4.83. The Morgan fingerprint density at radius 1 is 1.24 bits per heavy atom. The summed E-state index contributed by atoms with van der Waals surface area (Å²) < 4.78 is 0. The van der Waals surface area contributed by atoms with Gasteiger partial charge in [0.05, 0.1) is 0 Å². The summed E-state index contributed by atoms with van der Waals surface area (Å²) >= 11 is 3.37. The van der Waals surface area contributed by atoms with E-state index in [2.05, 4.69) is 19.1 Å². The molecule has 0 fully saturated rings. The number of thioether (sulfide) groups is 1. The smallest absolute Gasteiger partial charge is 0.114 e. The van der Waals surface area contributed by atoms with Gasteiger partial charge in [-0.2, -0.15) is 0 Å². The van der Waals surface area contributed by atoms with Crippen molar-refractivity contribution in [3.05, 3.63) is 51.7 Å². The van der Waals surface area contributed by atoms with Crippen molar-refractivity contribution < 1.29 is 5.11 Å².